The zero-order chi connectivity index (χ0) is 14.8. The number of likely N-dealkylation sites (tertiary alicyclic amines) is 1. The van der Waals surface area contributed by atoms with Gasteiger partial charge in [-0.1, -0.05) is 27.2 Å². The van der Waals surface area contributed by atoms with Crippen molar-refractivity contribution in [3.8, 4) is 0 Å². The van der Waals surface area contributed by atoms with Crippen LogP contribution in [0.2, 0.25) is 0 Å². The number of hydrogen-bond donors (Lipinski definition) is 3. The fourth-order valence-corrected chi connectivity index (χ4v) is 4.05. The van der Waals surface area contributed by atoms with Crippen molar-refractivity contribution in [3.63, 3.8) is 0 Å². The Morgan fingerprint density at radius 1 is 1.20 bits per heavy atom. The third-order valence-corrected chi connectivity index (χ3v) is 5.15. The number of β-amino-alcohol motifs (C(OH)–C–C–N with tert-alkyl or cyclic N) is 2. The lowest BCUT2D eigenvalue weighted by atomic mass is 9.67. The number of nitrogens with one attached hydrogen (secondary N) is 1. The third kappa shape index (κ3) is 3.73. The molecule has 1 aliphatic carbocycles. The molecule has 4 unspecified atom stereocenters. The van der Waals surface area contributed by atoms with Crippen LogP contribution in [0.4, 0.5) is 0 Å². The smallest absolute Gasteiger partial charge is 0.0938 e. The summed E-state index contributed by atoms with van der Waals surface area (Å²) in [6.45, 7) is 10.3. The van der Waals surface area contributed by atoms with Gasteiger partial charge in [-0.15, -0.1) is 0 Å². The van der Waals surface area contributed by atoms with Gasteiger partial charge in [-0.05, 0) is 37.1 Å². The second-order valence-electron chi connectivity index (χ2n) is 7.43. The minimum Gasteiger partial charge on any atom is -0.389 e. The van der Waals surface area contributed by atoms with E-state index in [4.69, 9.17) is 0 Å². The molecule has 2 fully saturated rings. The van der Waals surface area contributed by atoms with E-state index in [-0.39, 0.29) is 0 Å². The van der Waals surface area contributed by atoms with Crippen LogP contribution in [0, 0.1) is 11.3 Å². The molecule has 0 aromatic rings. The Labute approximate surface area is 123 Å². The normalized spacial score (nSPS) is 38.2. The van der Waals surface area contributed by atoms with Crippen molar-refractivity contribution in [3.05, 3.63) is 0 Å². The van der Waals surface area contributed by atoms with E-state index in [2.05, 4.69) is 31.0 Å². The maximum atomic E-state index is 9.70. The van der Waals surface area contributed by atoms with Crippen LogP contribution in [0.1, 0.15) is 46.5 Å². The first kappa shape index (κ1) is 16.2. The van der Waals surface area contributed by atoms with E-state index >= 15 is 0 Å². The molecule has 2 rings (SSSR count). The Bertz CT molecular complexity index is 299. The van der Waals surface area contributed by atoms with Gasteiger partial charge in [0.25, 0.3) is 0 Å². The molecule has 1 saturated heterocycles. The predicted octanol–water partition coefficient (Wildman–Crippen LogP) is 1.22. The average molecular weight is 284 g/mol. The van der Waals surface area contributed by atoms with Crippen LogP contribution in [0.25, 0.3) is 0 Å². The van der Waals surface area contributed by atoms with E-state index in [9.17, 15) is 10.2 Å². The lowest BCUT2D eigenvalue weighted by Crippen LogP contribution is -2.53. The Hall–Kier alpha value is -0.160. The Kier molecular flexibility index (Phi) is 5.46. The van der Waals surface area contributed by atoms with Gasteiger partial charge in [-0.3, -0.25) is 4.90 Å². The number of hydrogen-bond acceptors (Lipinski definition) is 4. The van der Waals surface area contributed by atoms with Crippen molar-refractivity contribution in [1.82, 2.24) is 10.2 Å². The molecule has 1 saturated carbocycles. The van der Waals surface area contributed by atoms with Gasteiger partial charge in [0.1, 0.15) is 0 Å². The van der Waals surface area contributed by atoms with Crippen LogP contribution in [-0.4, -0.2) is 59.5 Å². The molecule has 1 heterocycles. The number of rotatable bonds is 5. The van der Waals surface area contributed by atoms with E-state index in [0.29, 0.717) is 30.5 Å². The number of nitrogens with zero attached hydrogens (tertiary/aromatic N) is 1. The number of aliphatic hydroxyl groups excluding tert-OH is 2. The third-order valence-electron chi connectivity index (χ3n) is 5.15. The monoisotopic (exact) mass is 284 g/mol. The second-order valence-corrected chi connectivity index (χ2v) is 7.43. The molecule has 0 aromatic heterocycles. The summed E-state index contributed by atoms with van der Waals surface area (Å²) in [6.07, 6.45) is 3.88. The van der Waals surface area contributed by atoms with Gasteiger partial charge in [0.05, 0.1) is 12.2 Å². The maximum Gasteiger partial charge on any atom is 0.0938 e. The van der Waals surface area contributed by atoms with Gasteiger partial charge in [0.15, 0.2) is 0 Å². The van der Waals surface area contributed by atoms with Crippen molar-refractivity contribution in [1.29, 1.82) is 0 Å². The molecule has 118 valence electrons. The molecule has 20 heavy (non-hydrogen) atoms. The minimum absolute atomic E-state index is 0.342. The summed E-state index contributed by atoms with van der Waals surface area (Å²) in [6, 6.07) is 0.547. The molecular formula is C16H32N2O2. The van der Waals surface area contributed by atoms with Crippen LogP contribution >= 0.6 is 0 Å². The Morgan fingerprint density at radius 3 is 2.45 bits per heavy atom. The molecule has 4 heteroatoms. The fourth-order valence-electron chi connectivity index (χ4n) is 4.05. The molecule has 4 atom stereocenters. The molecular weight excluding hydrogens is 252 g/mol. The van der Waals surface area contributed by atoms with Crippen LogP contribution in [0.3, 0.4) is 0 Å². The van der Waals surface area contributed by atoms with E-state index < -0.39 is 12.2 Å². The van der Waals surface area contributed by atoms with Gasteiger partial charge in [-0.2, -0.15) is 0 Å². The van der Waals surface area contributed by atoms with Crippen molar-refractivity contribution >= 4 is 0 Å². The van der Waals surface area contributed by atoms with Gasteiger partial charge < -0.3 is 15.5 Å². The lowest BCUT2D eigenvalue weighted by Gasteiger charge is -2.46. The largest absolute Gasteiger partial charge is 0.389 e. The molecule has 2 aliphatic rings. The first-order chi connectivity index (χ1) is 9.44. The molecule has 4 nitrogen and oxygen atoms in total. The van der Waals surface area contributed by atoms with Gasteiger partial charge >= 0.3 is 0 Å². The zero-order valence-corrected chi connectivity index (χ0v) is 13.3. The molecule has 0 amide bonds. The van der Waals surface area contributed by atoms with Gasteiger partial charge in [0.2, 0.25) is 0 Å². The highest BCUT2D eigenvalue weighted by atomic mass is 16.3. The van der Waals surface area contributed by atoms with E-state index in [1.807, 2.05) is 0 Å². The van der Waals surface area contributed by atoms with Crippen molar-refractivity contribution < 1.29 is 10.2 Å². The van der Waals surface area contributed by atoms with Crippen LogP contribution < -0.4 is 5.32 Å². The molecule has 3 N–H and O–H groups in total. The first-order valence-corrected chi connectivity index (χ1v) is 8.26. The molecule has 0 bridgehead atoms. The van der Waals surface area contributed by atoms with E-state index in [1.54, 1.807) is 0 Å². The Morgan fingerprint density at radius 2 is 1.85 bits per heavy atom. The highest BCUT2D eigenvalue weighted by Crippen LogP contribution is 2.39. The average Bonchev–Trinajstić information content (AvgIpc) is 2.67. The summed E-state index contributed by atoms with van der Waals surface area (Å²) >= 11 is 0. The second kappa shape index (κ2) is 6.73. The fraction of sp³-hybridized carbons (Fsp3) is 1.00. The maximum absolute atomic E-state index is 9.70. The summed E-state index contributed by atoms with van der Waals surface area (Å²) < 4.78 is 0. The van der Waals surface area contributed by atoms with Gasteiger partial charge in [-0.25, -0.2) is 0 Å². The van der Waals surface area contributed by atoms with Crippen molar-refractivity contribution in [2.45, 2.75) is 64.7 Å². The molecule has 0 spiro atoms. The molecule has 0 radical (unpaired) electrons. The summed E-state index contributed by atoms with van der Waals surface area (Å²) in [5, 5.41) is 23.2. The standard InChI is InChI=1S/C16H32N2O2/c1-4-8-17-15-12(6-5-7-16(15,2)3)9-18-10-13(19)14(20)11-18/h12-15,17,19-20H,4-11H2,1-3H3. The lowest BCUT2D eigenvalue weighted by molar-refractivity contribution is 0.0572. The van der Waals surface area contributed by atoms with E-state index in [1.165, 1.54) is 25.7 Å². The summed E-state index contributed by atoms with van der Waals surface area (Å²) in [4.78, 5) is 2.24. The quantitative estimate of drug-likeness (QED) is 0.710. The predicted molar refractivity (Wildman–Crippen MR) is 81.7 cm³/mol. The summed E-state index contributed by atoms with van der Waals surface area (Å²) in [5.41, 5.74) is 0.342. The van der Waals surface area contributed by atoms with Crippen molar-refractivity contribution in [2.75, 3.05) is 26.2 Å². The highest BCUT2D eigenvalue weighted by molar-refractivity contribution is 4.96. The zero-order valence-electron chi connectivity index (χ0n) is 13.3. The first-order valence-electron chi connectivity index (χ1n) is 8.26. The van der Waals surface area contributed by atoms with E-state index in [0.717, 1.165) is 13.1 Å². The highest BCUT2D eigenvalue weighted by Gasteiger charge is 2.40. The summed E-state index contributed by atoms with van der Waals surface area (Å²) in [7, 11) is 0. The minimum atomic E-state index is -0.561. The van der Waals surface area contributed by atoms with Crippen LogP contribution in [0.15, 0.2) is 0 Å². The summed E-state index contributed by atoms with van der Waals surface area (Å²) in [5.74, 6) is 0.628. The Balaban J connectivity index is 1.96. The molecule has 1 aliphatic heterocycles. The van der Waals surface area contributed by atoms with Crippen LogP contribution in [-0.2, 0) is 0 Å². The number of aliphatic hydroxyl groups is 2. The molecule has 0 aromatic carbocycles. The van der Waals surface area contributed by atoms with Gasteiger partial charge in [0, 0.05) is 25.7 Å². The SMILES string of the molecule is CCCNC1C(CN2CC(O)C(O)C2)CCCC1(C)C. The topological polar surface area (TPSA) is 55.7 Å². The van der Waals surface area contributed by atoms with Crippen LogP contribution in [0.5, 0.6) is 0 Å². The van der Waals surface area contributed by atoms with Crippen molar-refractivity contribution in [2.24, 2.45) is 11.3 Å².